The zero-order valence-corrected chi connectivity index (χ0v) is 13.2. The molecule has 0 aromatic heterocycles. The van der Waals surface area contributed by atoms with Crippen LogP contribution in [0.15, 0.2) is 60.7 Å². The normalized spacial score (nSPS) is 19.9. The van der Waals surface area contributed by atoms with Crippen LogP contribution in [0, 0.1) is 0 Å². The summed E-state index contributed by atoms with van der Waals surface area (Å²) in [4.78, 5) is 0. The molecule has 1 aliphatic rings. The lowest BCUT2D eigenvalue weighted by Gasteiger charge is -2.33. The Bertz CT molecular complexity index is 842. The van der Waals surface area contributed by atoms with E-state index in [4.69, 9.17) is 9.47 Å². The minimum atomic E-state index is -0.0317. The van der Waals surface area contributed by atoms with Gasteiger partial charge in [0, 0.05) is 5.56 Å². The number of fused-ring (bicyclic) bond motifs is 3. The first kappa shape index (κ1) is 14.1. The van der Waals surface area contributed by atoms with Crippen molar-refractivity contribution in [2.45, 2.75) is 19.2 Å². The predicted octanol–water partition coefficient (Wildman–Crippen LogP) is 4.27. The van der Waals surface area contributed by atoms with Crippen LogP contribution < -0.4 is 14.8 Å². The molecule has 0 saturated heterocycles. The molecule has 3 nitrogen and oxygen atoms in total. The molecule has 1 aliphatic heterocycles. The first-order chi connectivity index (χ1) is 11.3. The van der Waals surface area contributed by atoms with Gasteiger partial charge in [0.05, 0.1) is 13.2 Å². The molecule has 0 amide bonds. The fraction of sp³-hybridized carbons (Fsp3) is 0.200. The van der Waals surface area contributed by atoms with Gasteiger partial charge >= 0.3 is 0 Å². The Morgan fingerprint density at radius 1 is 0.957 bits per heavy atom. The van der Waals surface area contributed by atoms with Crippen molar-refractivity contribution in [2.75, 3.05) is 7.11 Å². The smallest absolute Gasteiger partial charge is 0.148 e. The molecule has 3 aromatic carbocycles. The number of hydrogen-bond acceptors (Lipinski definition) is 3. The van der Waals surface area contributed by atoms with E-state index in [-0.39, 0.29) is 12.3 Å². The van der Waals surface area contributed by atoms with Gasteiger partial charge in [-0.05, 0) is 41.5 Å². The van der Waals surface area contributed by atoms with Crippen molar-refractivity contribution in [3.8, 4) is 11.5 Å². The quantitative estimate of drug-likeness (QED) is 0.767. The molecule has 0 bridgehead atoms. The predicted molar refractivity (Wildman–Crippen MR) is 92.0 cm³/mol. The summed E-state index contributed by atoms with van der Waals surface area (Å²) in [6.07, 6.45) is -0.0317. The molecule has 0 unspecified atom stereocenters. The maximum atomic E-state index is 6.00. The molecule has 0 saturated carbocycles. The molecular formula is C20H19NO2. The van der Waals surface area contributed by atoms with Crippen molar-refractivity contribution in [1.29, 1.82) is 0 Å². The highest BCUT2D eigenvalue weighted by molar-refractivity contribution is 5.89. The molecule has 3 aromatic rings. The molecule has 3 heteroatoms. The van der Waals surface area contributed by atoms with Crippen molar-refractivity contribution in [2.24, 2.45) is 0 Å². The third-order valence-corrected chi connectivity index (χ3v) is 4.37. The number of benzene rings is 3. The summed E-state index contributed by atoms with van der Waals surface area (Å²) in [5, 5.41) is 6.01. The van der Waals surface area contributed by atoms with Crippen LogP contribution in [0.3, 0.4) is 0 Å². The van der Waals surface area contributed by atoms with Gasteiger partial charge in [-0.25, -0.2) is 0 Å². The van der Waals surface area contributed by atoms with Crippen LogP contribution in [0.5, 0.6) is 11.5 Å². The standard InChI is InChI=1S/C20H19NO2/c1-13-21-20(15-7-10-16(22-2)11-8-15)19-17-6-4-3-5-14(17)9-12-18(19)23-13/h3-13,20-21H,1-2H3/t13-,20-/m0/s1. The van der Waals surface area contributed by atoms with Gasteiger partial charge in [-0.3, -0.25) is 5.32 Å². The largest absolute Gasteiger partial charge is 0.497 e. The lowest BCUT2D eigenvalue weighted by Crippen LogP contribution is -2.39. The third kappa shape index (κ3) is 2.43. The summed E-state index contributed by atoms with van der Waals surface area (Å²) in [5.41, 5.74) is 2.41. The molecule has 2 atom stereocenters. The molecule has 116 valence electrons. The Hall–Kier alpha value is -2.52. The number of ether oxygens (including phenoxy) is 2. The minimum absolute atomic E-state index is 0.0317. The molecule has 0 radical (unpaired) electrons. The maximum absolute atomic E-state index is 6.00. The van der Waals surface area contributed by atoms with E-state index in [1.165, 1.54) is 21.9 Å². The summed E-state index contributed by atoms with van der Waals surface area (Å²) < 4.78 is 11.3. The Balaban J connectivity index is 1.90. The number of hydrogen-bond donors (Lipinski definition) is 1. The molecule has 4 rings (SSSR count). The van der Waals surface area contributed by atoms with Crippen molar-refractivity contribution < 1.29 is 9.47 Å². The topological polar surface area (TPSA) is 30.5 Å². The second-order valence-corrected chi connectivity index (χ2v) is 5.83. The van der Waals surface area contributed by atoms with Crippen molar-refractivity contribution in [3.05, 3.63) is 71.8 Å². The average molecular weight is 305 g/mol. The van der Waals surface area contributed by atoms with Crippen LogP contribution in [-0.2, 0) is 0 Å². The highest BCUT2D eigenvalue weighted by Gasteiger charge is 2.28. The molecule has 1 N–H and O–H groups in total. The first-order valence-corrected chi connectivity index (χ1v) is 7.84. The van der Waals surface area contributed by atoms with Crippen LogP contribution in [0.1, 0.15) is 24.1 Å². The SMILES string of the molecule is COc1ccc([C@@H]2N[C@H](C)Oc3ccc4ccccc4c32)cc1. The second kappa shape index (κ2) is 5.60. The second-order valence-electron chi connectivity index (χ2n) is 5.83. The van der Waals surface area contributed by atoms with Gasteiger partial charge in [-0.15, -0.1) is 0 Å². The summed E-state index contributed by atoms with van der Waals surface area (Å²) in [6, 6.07) is 21.0. The van der Waals surface area contributed by atoms with Crippen molar-refractivity contribution >= 4 is 10.8 Å². The van der Waals surface area contributed by atoms with Crippen LogP contribution in [-0.4, -0.2) is 13.3 Å². The molecule has 0 fully saturated rings. The molecular weight excluding hydrogens is 286 g/mol. The van der Waals surface area contributed by atoms with Crippen molar-refractivity contribution in [3.63, 3.8) is 0 Å². The highest BCUT2D eigenvalue weighted by atomic mass is 16.5. The number of methoxy groups -OCH3 is 1. The van der Waals surface area contributed by atoms with Gasteiger partial charge in [0.1, 0.15) is 17.7 Å². The Kier molecular flexibility index (Phi) is 3.43. The molecule has 1 heterocycles. The van der Waals surface area contributed by atoms with Crippen molar-refractivity contribution in [1.82, 2.24) is 5.32 Å². The summed E-state index contributed by atoms with van der Waals surface area (Å²) in [5.74, 6) is 1.82. The van der Waals surface area contributed by atoms with E-state index < -0.39 is 0 Å². The summed E-state index contributed by atoms with van der Waals surface area (Å²) in [6.45, 7) is 2.04. The Morgan fingerprint density at radius 2 is 1.74 bits per heavy atom. The van der Waals surface area contributed by atoms with E-state index in [0.29, 0.717) is 0 Å². The molecule has 23 heavy (non-hydrogen) atoms. The van der Waals surface area contributed by atoms with Gasteiger partial charge in [0.15, 0.2) is 0 Å². The third-order valence-electron chi connectivity index (χ3n) is 4.37. The number of nitrogens with one attached hydrogen (secondary N) is 1. The number of rotatable bonds is 2. The first-order valence-electron chi connectivity index (χ1n) is 7.84. The van der Waals surface area contributed by atoms with E-state index in [1.54, 1.807) is 7.11 Å². The Morgan fingerprint density at radius 3 is 2.52 bits per heavy atom. The van der Waals surface area contributed by atoms with Crippen LogP contribution in [0.25, 0.3) is 10.8 Å². The fourth-order valence-electron chi connectivity index (χ4n) is 3.28. The zero-order valence-electron chi connectivity index (χ0n) is 13.2. The van der Waals surface area contributed by atoms with Crippen LogP contribution >= 0.6 is 0 Å². The monoisotopic (exact) mass is 305 g/mol. The summed E-state index contributed by atoms with van der Waals surface area (Å²) >= 11 is 0. The van der Waals surface area contributed by atoms with Gasteiger partial charge in [0.2, 0.25) is 0 Å². The van der Waals surface area contributed by atoms with Crippen LogP contribution in [0.2, 0.25) is 0 Å². The zero-order chi connectivity index (χ0) is 15.8. The van der Waals surface area contributed by atoms with E-state index in [2.05, 4.69) is 53.8 Å². The van der Waals surface area contributed by atoms with Gasteiger partial charge in [-0.1, -0.05) is 42.5 Å². The van der Waals surface area contributed by atoms with E-state index in [9.17, 15) is 0 Å². The lowest BCUT2D eigenvalue weighted by atomic mass is 9.91. The molecule has 0 aliphatic carbocycles. The lowest BCUT2D eigenvalue weighted by molar-refractivity contribution is 0.150. The maximum Gasteiger partial charge on any atom is 0.148 e. The molecule has 0 spiro atoms. The van der Waals surface area contributed by atoms with E-state index in [1.807, 2.05) is 19.1 Å². The van der Waals surface area contributed by atoms with Gasteiger partial charge in [-0.2, -0.15) is 0 Å². The fourth-order valence-corrected chi connectivity index (χ4v) is 3.28. The van der Waals surface area contributed by atoms with E-state index in [0.717, 1.165) is 11.5 Å². The van der Waals surface area contributed by atoms with Gasteiger partial charge < -0.3 is 9.47 Å². The van der Waals surface area contributed by atoms with Gasteiger partial charge in [0.25, 0.3) is 0 Å². The van der Waals surface area contributed by atoms with Crippen LogP contribution in [0.4, 0.5) is 0 Å². The Labute approximate surface area is 135 Å². The average Bonchev–Trinajstić information content (AvgIpc) is 2.60. The minimum Gasteiger partial charge on any atom is -0.497 e. The summed E-state index contributed by atoms with van der Waals surface area (Å²) in [7, 11) is 1.69. The van der Waals surface area contributed by atoms with E-state index >= 15 is 0 Å². The highest BCUT2D eigenvalue weighted by Crippen LogP contribution is 2.39.